The van der Waals surface area contributed by atoms with Gasteiger partial charge >= 0.3 is 0 Å². The highest BCUT2D eigenvalue weighted by Gasteiger charge is 2.47. The summed E-state index contributed by atoms with van der Waals surface area (Å²) < 4.78 is 30.9. The Kier molecular flexibility index (Phi) is 5.76. The molecule has 0 aromatic heterocycles. The van der Waals surface area contributed by atoms with Crippen molar-refractivity contribution in [3.63, 3.8) is 0 Å². The van der Waals surface area contributed by atoms with Gasteiger partial charge in [0.15, 0.2) is 11.5 Å². The van der Waals surface area contributed by atoms with Crippen LogP contribution in [-0.2, 0) is 9.59 Å². The third kappa shape index (κ3) is 4.12. The van der Waals surface area contributed by atoms with Gasteiger partial charge in [0.05, 0.1) is 11.6 Å². The molecule has 2 heterocycles. The van der Waals surface area contributed by atoms with Crippen LogP contribution >= 0.6 is 0 Å². The van der Waals surface area contributed by atoms with Crippen LogP contribution in [0.1, 0.15) is 17.2 Å². The Labute approximate surface area is 216 Å². The van der Waals surface area contributed by atoms with Crippen LogP contribution in [0.3, 0.4) is 0 Å². The molecule has 1 saturated heterocycles. The summed E-state index contributed by atoms with van der Waals surface area (Å²) in [4.78, 5) is 27.9. The fourth-order valence-corrected chi connectivity index (χ4v) is 4.61. The van der Waals surface area contributed by atoms with E-state index in [4.69, 9.17) is 14.2 Å². The molecular formula is C30H20FNO6. The molecule has 0 radical (unpaired) electrons. The number of rotatable bonds is 5. The molecule has 0 spiro atoms. The number of ketones is 1. The number of ether oxygens (including phenoxy) is 3. The van der Waals surface area contributed by atoms with Gasteiger partial charge < -0.3 is 19.3 Å². The van der Waals surface area contributed by atoms with Crippen LogP contribution in [0.5, 0.6) is 23.0 Å². The minimum atomic E-state index is -1.05. The zero-order valence-corrected chi connectivity index (χ0v) is 19.8. The van der Waals surface area contributed by atoms with E-state index in [0.717, 1.165) is 0 Å². The fraction of sp³-hybridized carbons (Fsp3) is 0.0667. The van der Waals surface area contributed by atoms with E-state index < -0.39 is 23.5 Å². The highest BCUT2D eigenvalue weighted by atomic mass is 19.1. The van der Waals surface area contributed by atoms with Crippen molar-refractivity contribution in [3.05, 3.63) is 120 Å². The number of halogens is 1. The Bertz CT molecular complexity index is 1600. The second kappa shape index (κ2) is 9.40. The Morgan fingerprint density at radius 3 is 2.42 bits per heavy atom. The molecule has 2 aliphatic rings. The Hall–Kier alpha value is -5.11. The van der Waals surface area contributed by atoms with Gasteiger partial charge in [0.2, 0.25) is 6.79 Å². The minimum absolute atomic E-state index is 0.0394. The first-order valence-electron chi connectivity index (χ1n) is 11.8. The van der Waals surface area contributed by atoms with Crippen LogP contribution in [0, 0.1) is 5.82 Å². The highest BCUT2D eigenvalue weighted by Crippen LogP contribution is 2.44. The van der Waals surface area contributed by atoms with Gasteiger partial charge in [0.25, 0.3) is 11.7 Å². The predicted octanol–water partition coefficient (Wildman–Crippen LogP) is 5.97. The third-order valence-electron chi connectivity index (χ3n) is 6.33. The number of hydrogen-bond donors (Lipinski definition) is 1. The average molecular weight is 509 g/mol. The van der Waals surface area contributed by atoms with Crippen LogP contribution in [-0.4, -0.2) is 23.6 Å². The zero-order chi connectivity index (χ0) is 26.2. The summed E-state index contributed by atoms with van der Waals surface area (Å²) >= 11 is 0. The maximum absolute atomic E-state index is 14.2. The lowest BCUT2D eigenvalue weighted by molar-refractivity contribution is -0.132. The summed E-state index contributed by atoms with van der Waals surface area (Å²) in [7, 11) is 0. The van der Waals surface area contributed by atoms with Crippen molar-refractivity contribution in [2.24, 2.45) is 0 Å². The molecule has 38 heavy (non-hydrogen) atoms. The Balaban J connectivity index is 1.50. The van der Waals surface area contributed by atoms with Gasteiger partial charge in [-0.05, 0) is 66.2 Å². The molecule has 1 unspecified atom stereocenters. The van der Waals surface area contributed by atoms with Crippen molar-refractivity contribution in [2.45, 2.75) is 6.04 Å². The van der Waals surface area contributed by atoms with Gasteiger partial charge in [-0.2, -0.15) is 0 Å². The molecule has 1 atom stereocenters. The number of anilines is 1. The molecule has 7 nitrogen and oxygen atoms in total. The van der Waals surface area contributed by atoms with E-state index in [1.165, 1.54) is 29.2 Å². The first-order valence-corrected chi connectivity index (χ1v) is 11.8. The van der Waals surface area contributed by atoms with Crippen molar-refractivity contribution in [3.8, 4) is 23.0 Å². The lowest BCUT2D eigenvalue weighted by Crippen LogP contribution is -2.29. The second-order valence-corrected chi connectivity index (χ2v) is 8.70. The second-order valence-electron chi connectivity index (χ2n) is 8.70. The van der Waals surface area contributed by atoms with Crippen LogP contribution < -0.4 is 19.1 Å². The number of fused-ring (bicyclic) bond motifs is 1. The van der Waals surface area contributed by atoms with Crippen molar-refractivity contribution in [1.29, 1.82) is 0 Å². The standard InChI is InChI=1S/C30H20FNO6/c31-20-7-5-8-21(16-20)32-27(18-6-4-11-23(14-18)38-22-9-2-1-3-10-22)26(29(34)30(32)35)28(33)19-12-13-24-25(15-19)37-17-36-24/h1-16,27,33H,17H2/b28-26-. The number of aliphatic hydroxyl groups is 1. The van der Waals surface area contributed by atoms with Gasteiger partial charge in [-0.25, -0.2) is 4.39 Å². The summed E-state index contributed by atoms with van der Waals surface area (Å²) in [6.45, 7) is 0.0394. The molecule has 0 bridgehead atoms. The predicted molar refractivity (Wildman–Crippen MR) is 137 cm³/mol. The first kappa shape index (κ1) is 23.3. The number of hydrogen-bond acceptors (Lipinski definition) is 6. The fourth-order valence-electron chi connectivity index (χ4n) is 4.61. The average Bonchev–Trinajstić information content (AvgIpc) is 3.51. The maximum atomic E-state index is 14.2. The van der Waals surface area contributed by atoms with E-state index in [1.54, 1.807) is 54.6 Å². The van der Waals surface area contributed by atoms with Crippen LogP contribution in [0.2, 0.25) is 0 Å². The summed E-state index contributed by atoms with van der Waals surface area (Å²) in [5.74, 6) is -0.779. The van der Waals surface area contributed by atoms with Crippen molar-refractivity contribution >= 4 is 23.1 Å². The monoisotopic (exact) mass is 509 g/mol. The minimum Gasteiger partial charge on any atom is -0.507 e. The van der Waals surface area contributed by atoms with E-state index in [1.807, 2.05) is 18.2 Å². The molecule has 0 aliphatic carbocycles. The van der Waals surface area contributed by atoms with E-state index in [2.05, 4.69) is 0 Å². The van der Waals surface area contributed by atoms with E-state index in [9.17, 15) is 19.1 Å². The van der Waals surface area contributed by atoms with Crippen LogP contribution in [0.25, 0.3) is 5.76 Å². The lowest BCUT2D eigenvalue weighted by atomic mass is 9.95. The van der Waals surface area contributed by atoms with Crippen LogP contribution in [0.15, 0.2) is 103 Å². The number of Topliss-reactive ketones (excluding diaryl/α,β-unsaturated/α-hetero) is 1. The zero-order valence-electron chi connectivity index (χ0n) is 19.8. The van der Waals surface area contributed by atoms with E-state index >= 15 is 0 Å². The van der Waals surface area contributed by atoms with Crippen LogP contribution in [0.4, 0.5) is 10.1 Å². The number of amides is 1. The van der Waals surface area contributed by atoms with Gasteiger partial charge in [-0.1, -0.05) is 36.4 Å². The Morgan fingerprint density at radius 2 is 1.61 bits per heavy atom. The van der Waals surface area contributed by atoms with Gasteiger partial charge in [0, 0.05) is 11.3 Å². The van der Waals surface area contributed by atoms with E-state index in [-0.39, 0.29) is 29.4 Å². The first-order chi connectivity index (χ1) is 18.5. The maximum Gasteiger partial charge on any atom is 0.300 e. The normalized spacial score (nSPS) is 17.6. The highest BCUT2D eigenvalue weighted by molar-refractivity contribution is 6.51. The number of carbonyl (C=O) groups is 2. The summed E-state index contributed by atoms with van der Waals surface area (Å²) in [5, 5.41) is 11.4. The molecule has 2 aliphatic heterocycles. The van der Waals surface area contributed by atoms with Gasteiger partial charge in [-0.3, -0.25) is 14.5 Å². The Morgan fingerprint density at radius 1 is 0.842 bits per heavy atom. The number of aliphatic hydroxyl groups excluding tert-OH is 1. The quantitative estimate of drug-likeness (QED) is 0.203. The van der Waals surface area contributed by atoms with Gasteiger partial charge in [0.1, 0.15) is 23.1 Å². The summed E-state index contributed by atoms with van der Waals surface area (Å²) in [5.41, 5.74) is 0.795. The lowest BCUT2D eigenvalue weighted by Gasteiger charge is -2.26. The molecule has 6 rings (SSSR count). The molecule has 1 fully saturated rings. The number of benzene rings is 4. The number of carbonyl (C=O) groups excluding carboxylic acids is 2. The third-order valence-corrected chi connectivity index (χ3v) is 6.33. The van der Waals surface area contributed by atoms with Gasteiger partial charge in [-0.15, -0.1) is 0 Å². The molecule has 188 valence electrons. The van der Waals surface area contributed by atoms with Crippen molar-refractivity contribution in [1.82, 2.24) is 0 Å². The van der Waals surface area contributed by atoms with E-state index in [0.29, 0.717) is 28.6 Å². The largest absolute Gasteiger partial charge is 0.507 e. The summed E-state index contributed by atoms with van der Waals surface area (Å²) in [6, 6.07) is 25.1. The smallest absolute Gasteiger partial charge is 0.300 e. The van der Waals surface area contributed by atoms with Crippen molar-refractivity contribution < 1.29 is 33.3 Å². The molecule has 1 N–H and O–H groups in total. The molecule has 4 aromatic rings. The molecule has 0 saturated carbocycles. The topological polar surface area (TPSA) is 85.3 Å². The number of nitrogens with zero attached hydrogens (tertiary/aromatic N) is 1. The molecule has 1 amide bonds. The molecule has 8 heteroatoms. The summed E-state index contributed by atoms with van der Waals surface area (Å²) in [6.07, 6.45) is 0. The molecule has 4 aromatic carbocycles. The number of para-hydroxylation sites is 1. The SMILES string of the molecule is O=C1C(=O)N(c2cccc(F)c2)C(c2cccc(Oc3ccccc3)c2)/C1=C(/O)c1ccc2c(c1)OCO2. The molecular weight excluding hydrogens is 489 g/mol. The van der Waals surface area contributed by atoms with Crippen molar-refractivity contribution in [2.75, 3.05) is 11.7 Å².